The van der Waals surface area contributed by atoms with Crippen LogP contribution in [0.2, 0.25) is 0 Å². The van der Waals surface area contributed by atoms with E-state index in [9.17, 15) is 23.4 Å². The summed E-state index contributed by atoms with van der Waals surface area (Å²) in [7, 11) is -16.4. The van der Waals surface area contributed by atoms with Gasteiger partial charge in [0.25, 0.3) is 0 Å². The number of phosphoric ester groups is 1. The van der Waals surface area contributed by atoms with Gasteiger partial charge in [-0.05, 0) is 24.6 Å². The first-order valence-electron chi connectivity index (χ1n) is 6.14. The van der Waals surface area contributed by atoms with Crippen molar-refractivity contribution < 1.29 is 50.8 Å². The molecular formula is C10H11O12P3. The number of benzene rings is 1. The molecule has 0 radical (unpaired) electrons. The average molecular weight is 416 g/mol. The van der Waals surface area contributed by atoms with E-state index in [0.29, 0.717) is 10.9 Å². The van der Waals surface area contributed by atoms with Crippen LogP contribution in [0.3, 0.4) is 0 Å². The van der Waals surface area contributed by atoms with E-state index in [1.54, 1.807) is 6.92 Å². The second kappa shape index (κ2) is 6.77. The lowest BCUT2D eigenvalue weighted by molar-refractivity contribution is 0.207. The zero-order valence-electron chi connectivity index (χ0n) is 12.2. The summed E-state index contributed by atoms with van der Waals surface area (Å²) in [4.78, 5) is 46.7. The van der Waals surface area contributed by atoms with Crippen LogP contribution in [0.4, 0.5) is 0 Å². The molecule has 25 heavy (non-hydrogen) atoms. The molecule has 0 aliphatic heterocycles. The van der Waals surface area contributed by atoms with Crippen molar-refractivity contribution >= 4 is 34.4 Å². The van der Waals surface area contributed by atoms with E-state index in [1.165, 1.54) is 18.2 Å². The van der Waals surface area contributed by atoms with E-state index in [2.05, 4.69) is 13.1 Å². The molecule has 1 aromatic heterocycles. The Morgan fingerprint density at radius 3 is 2.20 bits per heavy atom. The lowest BCUT2D eigenvalue weighted by Gasteiger charge is -2.16. The fourth-order valence-corrected chi connectivity index (χ4v) is 4.81. The minimum Gasteiger partial charge on any atom is -0.423 e. The molecular weight excluding hydrogens is 405 g/mol. The topological polar surface area (TPSA) is 190 Å². The van der Waals surface area contributed by atoms with Gasteiger partial charge in [0.1, 0.15) is 11.3 Å². The number of hydrogen-bond acceptors (Lipinski definition) is 8. The van der Waals surface area contributed by atoms with E-state index in [4.69, 9.17) is 19.1 Å². The highest BCUT2D eigenvalue weighted by Gasteiger charge is 2.41. The molecule has 0 aliphatic rings. The molecule has 138 valence electrons. The molecule has 0 aliphatic carbocycles. The van der Waals surface area contributed by atoms with Gasteiger partial charge in [-0.2, -0.15) is 8.62 Å². The molecule has 0 saturated carbocycles. The highest BCUT2D eigenvalue weighted by molar-refractivity contribution is 7.66. The fraction of sp³-hybridized carbons (Fsp3) is 0.100. The fourth-order valence-electron chi connectivity index (χ4n) is 1.79. The van der Waals surface area contributed by atoms with Gasteiger partial charge in [0.15, 0.2) is 0 Å². The lowest BCUT2D eigenvalue weighted by atomic mass is 10.1. The highest BCUT2D eigenvalue weighted by Crippen LogP contribution is 2.66. The zero-order chi connectivity index (χ0) is 19.0. The quantitative estimate of drug-likeness (QED) is 0.395. The van der Waals surface area contributed by atoms with E-state index in [-0.39, 0.29) is 11.3 Å². The van der Waals surface area contributed by atoms with Gasteiger partial charge in [-0.3, -0.25) is 4.89 Å². The SMILES string of the molecule is Cc1cc(=O)oc2cc(OP(=O)(O)OP(=O)(O)OP(=O)(O)O)ccc12. The van der Waals surface area contributed by atoms with E-state index in [0.717, 1.165) is 6.07 Å². The summed E-state index contributed by atoms with van der Waals surface area (Å²) in [6.45, 7) is 1.63. The summed E-state index contributed by atoms with van der Waals surface area (Å²) in [6.07, 6.45) is 0. The Labute approximate surface area is 139 Å². The minimum absolute atomic E-state index is 0.00106. The highest BCUT2D eigenvalue weighted by atomic mass is 31.3. The van der Waals surface area contributed by atoms with Crippen molar-refractivity contribution in [3.05, 3.63) is 40.2 Å². The number of rotatable bonds is 6. The molecule has 4 N–H and O–H groups in total. The summed E-state index contributed by atoms with van der Waals surface area (Å²) >= 11 is 0. The molecule has 0 saturated heterocycles. The van der Waals surface area contributed by atoms with Gasteiger partial charge in [0.2, 0.25) is 0 Å². The molecule has 0 fully saturated rings. The average Bonchev–Trinajstić information content (AvgIpc) is 2.32. The number of hydrogen-bond donors (Lipinski definition) is 4. The molecule has 0 bridgehead atoms. The molecule has 2 unspecified atom stereocenters. The van der Waals surface area contributed by atoms with Gasteiger partial charge in [-0.15, -0.1) is 0 Å². The predicted octanol–water partition coefficient (Wildman–Crippen LogP) is 1.81. The molecule has 2 atom stereocenters. The first-order valence-corrected chi connectivity index (χ1v) is 10.7. The molecule has 1 aromatic carbocycles. The number of aryl methyl sites for hydroxylation is 1. The van der Waals surface area contributed by atoms with Crippen LogP contribution in [-0.2, 0) is 22.3 Å². The maximum Gasteiger partial charge on any atom is 0.536 e. The Morgan fingerprint density at radius 1 is 0.960 bits per heavy atom. The first kappa shape index (κ1) is 20.0. The Hall–Kier alpha value is -1.32. The molecule has 0 amide bonds. The summed E-state index contributed by atoms with van der Waals surface area (Å²) in [5, 5.41) is 0.498. The van der Waals surface area contributed by atoms with Gasteiger partial charge in [0, 0.05) is 17.5 Å². The first-order chi connectivity index (χ1) is 11.3. The van der Waals surface area contributed by atoms with Crippen molar-refractivity contribution in [1.29, 1.82) is 0 Å². The minimum atomic E-state index is -5.61. The van der Waals surface area contributed by atoms with Crippen LogP contribution in [0, 0.1) is 6.92 Å². The summed E-state index contributed by atoms with van der Waals surface area (Å²) in [6, 6.07) is 4.83. The van der Waals surface area contributed by atoms with Gasteiger partial charge >= 0.3 is 29.1 Å². The second-order valence-electron chi connectivity index (χ2n) is 4.59. The summed E-state index contributed by atoms with van der Waals surface area (Å²) in [5.41, 5.74) is -0.113. The van der Waals surface area contributed by atoms with Crippen molar-refractivity contribution in [3.8, 4) is 5.75 Å². The van der Waals surface area contributed by atoms with Crippen LogP contribution in [0.1, 0.15) is 5.56 Å². The normalized spacial score (nSPS) is 17.0. The second-order valence-corrected chi connectivity index (χ2v) is 8.93. The van der Waals surface area contributed by atoms with Gasteiger partial charge in [-0.25, -0.2) is 18.5 Å². The third-order valence-electron chi connectivity index (χ3n) is 2.56. The standard InChI is InChI=1S/C10H11O12P3/c1-6-4-10(11)19-9-5-7(2-3-8(6)9)20-24(15,16)22-25(17,18)21-23(12,13)14/h2-5H,1H3,(H,15,16)(H,17,18)(H2,12,13,14). The van der Waals surface area contributed by atoms with Crippen LogP contribution < -0.4 is 10.1 Å². The lowest BCUT2D eigenvalue weighted by Crippen LogP contribution is -2.00. The predicted molar refractivity (Wildman–Crippen MR) is 81.7 cm³/mol. The van der Waals surface area contributed by atoms with Crippen LogP contribution >= 0.6 is 23.5 Å². The molecule has 2 aromatic rings. The summed E-state index contributed by atoms with van der Waals surface area (Å²) < 4.78 is 50.0. The van der Waals surface area contributed by atoms with Crippen molar-refractivity contribution in [2.75, 3.05) is 0 Å². The van der Waals surface area contributed by atoms with Crippen LogP contribution in [-0.4, -0.2) is 19.6 Å². The van der Waals surface area contributed by atoms with Gasteiger partial charge < -0.3 is 23.6 Å². The van der Waals surface area contributed by atoms with E-state index < -0.39 is 29.1 Å². The van der Waals surface area contributed by atoms with Crippen LogP contribution in [0.15, 0.2) is 33.5 Å². The van der Waals surface area contributed by atoms with Crippen LogP contribution in [0.5, 0.6) is 5.75 Å². The Kier molecular flexibility index (Phi) is 5.42. The third kappa shape index (κ3) is 5.86. The maximum atomic E-state index is 11.7. The van der Waals surface area contributed by atoms with Crippen molar-refractivity contribution in [2.24, 2.45) is 0 Å². The third-order valence-corrected chi connectivity index (χ3v) is 6.33. The Morgan fingerprint density at radius 2 is 1.60 bits per heavy atom. The number of fused-ring (bicyclic) bond motifs is 1. The van der Waals surface area contributed by atoms with Crippen molar-refractivity contribution in [3.63, 3.8) is 0 Å². The van der Waals surface area contributed by atoms with Crippen molar-refractivity contribution in [2.45, 2.75) is 6.92 Å². The molecule has 1 heterocycles. The molecule has 12 nitrogen and oxygen atoms in total. The summed E-state index contributed by atoms with van der Waals surface area (Å²) in [5.74, 6) is -0.386. The Balaban J connectivity index is 2.27. The monoisotopic (exact) mass is 416 g/mol. The van der Waals surface area contributed by atoms with Gasteiger partial charge in [0.05, 0.1) is 0 Å². The molecule has 0 spiro atoms. The molecule has 2 rings (SSSR count). The largest absolute Gasteiger partial charge is 0.536 e. The van der Waals surface area contributed by atoms with E-state index in [1.807, 2.05) is 0 Å². The zero-order valence-corrected chi connectivity index (χ0v) is 14.9. The van der Waals surface area contributed by atoms with Crippen molar-refractivity contribution in [1.82, 2.24) is 0 Å². The molecule has 15 heteroatoms. The Bertz CT molecular complexity index is 1000. The maximum absolute atomic E-state index is 11.7. The number of phosphoric acid groups is 3. The van der Waals surface area contributed by atoms with E-state index >= 15 is 0 Å². The van der Waals surface area contributed by atoms with Crippen LogP contribution in [0.25, 0.3) is 11.0 Å². The van der Waals surface area contributed by atoms with Gasteiger partial charge in [-0.1, -0.05) is 0 Å². The smallest absolute Gasteiger partial charge is 0.423 e.